The van der Waals surface area contributed by atoms with Crippen molar-refractivity contribution in [3.05, 3.63) is 36.0 Å². The van der Waals surface area contributed by atoms with Gasteiger partial charge in [-0.05, 0) is 31.4 Å². The highest BCUT2D eigenvalue weighted by Crippen LogP contribution is 2.30. The summed E-state index contributed by atoms with van der Waals surface area (Å²) in [7, 11) is 0. The van der Waals surface area contributed by atoms with E-state index in [-0.39, 0.29) is 6.10 Å². The van der Waals surface area contributed by atoms with Crippen molar-refractivity contribution >= 4 is 5.82 Å². The van der Waals surface area contributed by atoms with Crippen LogP contribution in [-0.4, -0.2) is 17.1 Å². The van der Waals surface area contributed by atoms with Gasteiger partial charge < -0.3 is 0 Å². The molecule has 4 rings (SSSR count). The fraction of sp³-hybridized carbons (Fsp3) is 0.462. The number of aryl methyl sites for hydroxylation is 1. The molecule has 0 radical (unpaired) electrons. The number of hydroxylamine groups is 1. The molecule has 0 aromatic carbocycles. The third kappa shape index (κ3) is 1.61. The number of aromatic nitrogens is 1. The second kappa shape index (κ2) is 3.91. The van der Waals surface area contributed by atoms with Crippen molar-refractivity contribution in [1.82, 2.24) is 4.98 Å². The van der Waals surface area contributed by atoms with Gasteiger partial charge in [-0.3, -0.25) is 4.84 Å². The van der Waals surface area contributed by atoms with Crippen LogP contribution in [0.1, 0.15) is 25.5 Å². The first-order valence-corrected chi connectivity index (χ1v) is 5.97. The Kier molecular flexibility index (Phi) is 2.40. The molecular weight excluding hydrogens is 200 g/mol. The molecule has 1 saturated heterocycles. The van der Waals surface area contributed by atoms with E-state index in [9.17, 15) is 0 Å². The first kappa shape index (κ1) is 9.85. The van der Waals surface area contributed by atoms with E-state index in [0.29, 0.717) is 6.04 Å². The van der Waals surface area contributed by atoms with Gasteiger partial charge in [-0.25, -0.2) is 10.0 Å². The van der Waals surface area contributed by atoms with E-state index >= 15 is 0 Å². The number of nitrogens with zero attached hydrogens (tertiary/aromatic N) is 2. The molecule has 3 aliphatic rings. The zero-order valence-electron chi connectivity index (χ0n) is 9.47. The molecule has 2 bridgehead atoms. The Morgan fingerprint density at radius 3 is 2.94 bits per heavy atom. The van der Waals surface area contributed by atoms with Crippen LogP contribution in [0, 0.1) is 0 Å². The fourth-order valence-corrected chi connectivity index (χ4v) is 2.30. The molecule has 1 aromatic heterocycles. The van der Waals surface area contributed by atoms with Crippen LogP contribution in [0.4, 0.5) is 5.82 Å². The Hall–Kier alpha value is -1.35. The number of fused-ring (bicyclic) bond motifs is 2. The minimum absolute atomic E-state index is 0.247. The average Bonchev–Trinajstić information content (AvgIpc) is 2.40. The quantitative estimate of drug-likeness (QED) is 0.710. The predicted molar refractivity (Wildman–Crippen MR) is 63.1 cm³/mol. The number of hydrogen-bond donors (Lipinski definition) is 0. The SMILES string of the molecule is CCc1cccc(N2OC3C=CC2CC3)n1. The highest BCUT2D eigenvalue weighted by molar-refractivity contribution is 5.41. The molecule has 3 heteroatoms. The second-order valence-electron chi connectivity index (χ2n) is 4.34. The van der Waals surface area contributed by atoms with E-state index in [1.165, 1.54) is 6.42 Å². The molecule has 0 saturated carbocycles. The summed E-state index contributed by atoms with van der Waals surface area (Å²) in [5, 5.41) is 1.97. The van der Waals surface area contributed by atoms with Crippen molar-refractivity contribution in [3.63, 3.8) is 0 Å². The molecule has 16 heavy (non-hydrogen) atoms. The van der Waals surface area contributed by atoms with Gasteiger partial charge in [0.05, 0.1) is 6.04 Å². The van der Waals surface area contributed by atoms with Crippen molar-refractivity contribution < 1.29 is 4.84 Å². The Labute approximate surface area is 95.7 Å². The summed E-state index contributed by atoms with van der Waals surface area (Å²) >= 11 is 0. The van der Waals surface area contributed by atoms with E-state index in [1.54, 1.807) is 0 Å². The third-order valence-electron chi connectivity index (χ3n) is 3.23. The zero-order valence-corrected chi connectivity index (χ0v) is 9.47. The first-order valence-electron chi connectivity index (χ1n) is 5.97. The van der Waals surface area contributed by atoms with Crippen LogP contribution in [0.25, 0.3) is 0 Å². The maximum absolute atomic E-state index is 5.85. The standard InChI is InChI=1S/C13H16N2O/c1-2-10-4-3-5-13(14-10)15-11-6-8-12(16-15)9-7-11/h3-6,8,11-12H,2,7,9H2,1H3. The van der Waals surface area contributed by atoms with Crippen LogP contribution >= 0.6 is 0 Å². The van der Waals surface area contributed by atoms with Crippen molar-refractivity contribution in [3.8, 4) is 0 Å². The molecule has 1 fully saturated rings. The van der Waals surface area contributed by atoms with E-state index < -0.39 is 0 Å². The first-order chi connectivity index (χ1) is 7.86. The van der Waals surface area contributed by atoms with Gasteiger partial charge in [0.2, 0.25) is 0 Å². The Bertz CT molecular complexity index is 416. The van der Waals surface area contributed by atoms with Crippen LogP contribution in [0.3, 0.4) is 0 Å². The molecule has 0 N–H and O–H groups in total. The van der Waals surface area contributed by atoms with E-state index in [4.69, 9.17) is 4.84 Å². The lowest BCUT2D eigenvalue weighted by Gasteiger charge is -2.40. The van der Waals surface area contributed by atoms with E-state index in [0.717, 1.165) is 24.4 Å². The lowest BCUT2D eigenvalue weighted by atomic mass is 9.98. The maximum atomic E-state index is 5.85. The molecule has 2 atom stereocenters. The van der Waals surface area contributed by atoms with Gasteiger partial charge in [0.25, 0.3) is 0 Å². The molecule has 0 amide bonds. The van der Waals surface area contributed by atoms with Crippen LogP contribution in [-0.2, 0) is 11.3 Å². The minimum atomic E-state index is 0.247. The molecule has 1 aromatic rings. The van der Waals surface area contributed by atoms with Gasteiger partial charge in [0.1, 0.15) is 6.10 Å². The van der Waals surface area contributed by atoms with Gasteiger partial charge in [-0.2, -0.15) is 0 Å². The van der Waals surface area contributed by atoms with E-state index in [2.05, 4.69) is 36.2 Å². The van der Waals surface area contributed by atoms with Gasteiger partial charge in [0.15, 0.2) is 5.82 Å². The average molecular weight is 216 g/mol. The summed E-state index contributed by atoms with van der Waals surface area (Å²) in [5.74, 6) is 0.943. The fourth-order valence-electron chi connectivity index (χ4n) is 2.30. The van der Waals surface area contributed by atoms with Crippen LogP contribution in [0.2, 0.25) is 0 Å². The van der Waals surface area contributed by atoms with Gasteiger partial charge >= 0.3 is 0 Å². The second-order valence-corrected chi connectivity index (χ2v) is 4.34. The van der Waals surface area contributed by atoms with Crippen molar-refractivity contribution in [1.29, 1.82) is 0 Å². The normalized spacial score (nSPS) is 27.4. The van der Waals surface area contributed by atoms with E-state index in [1.807, 2.05) is 11.1 Å². The Morgan fingerprint density at radius 1 is 1.38 bits per heavy atom. The van der Waals surface area contributed by atoms with Gasteiger partial charge in [-0.15, -0.1) is 0 Å². The molecule has 1 aliphatic carbocycles. The van der Waals surface area contributed by atoms with Crippen LogP contribution in [0.5, 0.6) is 0 Å². The molecule has 0 spiro atoms. The zero-order chi connectivity index (χ0) is 11.0. The molecule has 2 unspecified atom stereocenters. The molecule has 3 heterocycles. The third-order valence-corrected chi connectivity index (χ3v) is 3.23. The van der Waals surface area contributed by atoms with Crippen molar-refractivity contribution in [2.45, 2.75) is 38.3 Å². The topological polar surface area (TPSA) is 25.4 Å². The minimum Gasteiger partial charge on any atom is -0.264 e. The lowest BCUT2D eigenvalue weighted by molar-refractivity contribution is 0.00209. The monoisotopic (exact) mass is 216 g/mol. The summed E-state index contributed by atoms with van der Waals surface area (Å²) < 4.78 is 0. The molecular formula is C13H16N2O. The van der Waals surface area contributed by atoms with Crippen LogP contribution in [0.15, 0.2) is 30.4 Å². The Balaban J connectivity index is 1.89. The summed E-state index contributed by atoms with van der Waals surface area (Å²) in [6.07, 6.45) is 7.90. The molecule has 2 aliphatic heterocycles. The number of rotatable bonds is 2. The highest BCUT2D eigenvalue weighted by atomic mass is 16.7. The number of anilines is 1. The highest BCUT2D eigenvalue weighted by Gasteiger charge is 2.31. The molecule has 84 valence electrons. The molecule has 3 nitrogen and oxygen atoms in total. The van der Waals surface area contributed by atoms with Gasteiger partial charge in [-0.1, -0.05) is 25.1 Å². The predicted octanol–water partition coefficient (Wildman–Crippen LogP) is 2.48. The number of hydrogen-bond acceptors (Lipinski definition) is 3. The van der Waals surface area contributed by atoms with Crippen molar-refractivity contribution in [2.75, 3.05) is 5.06 Å². The summed E-state index contributed by atoms with van der Waals surface area (Å²) in [6.45, 7) is 2.12. The lowest BCUT2D eigenvalue weighted by Crippen LogP contribution is -2.46. The maximum Gasteiger partial charge on any atom is 0.153 e. The smallest absolute Gasteiger partial charge is 0.153 e. The van der Waals surface area contributed by atoms with Crippen LogP contribution < -0.4 is 5.06 Å². The summed E-state index contributed by atoms with van der Waals surface area (Å²) in [5.41, 5.74) is 1.12. The summed E-state index contributed by atoms with van der Waals surface area (Å²) in [6, 6.07) is 6.50. The largest absolute Gasteiger partial charge is 0.264 e. The Morgan fingerprint density at radius 2 is 2.31 bits per heavy atom. The summed E-state index contributed by atoms with van der Waals surface area (Å²) in [4.78, 5) is 10.5. The van der Waals surface area contributed by atoms with Gasteiger partial charge in [0, 0.05) is 5.69 Å². The van der Waals surface area contributed by atoms with Crippen molar-refractivity contribution in [2.24, 2.45) is 0 Å². The number of pyridine rings is 1.